The number of hydrogen-bond acceptors (Lipinski definition) is 4. The van der Waals surface area contributed by atoms with Crippen LogP contribution in [0.1, 0.15) is 22.3 Å². The lowest BCUT2D eigenvalue weighted by Crippen LogP contribution is -2.23. The number of rotatable bonds is 6. The molecule has 0 N–H and O–H groups in total. The molecular formula is C23H21ClN2OS2. The van der Waals surface area contributed by atoms with Gasteiger partial charge >= 0.3 is 0 Å². The van der Waals surface area contributed by atoms with E-state index in [-0.39, 0.29) is 5.56 Å². The number of thiophene rings is 1. The summed E-state index contributed by atoms with van der Waals surface area (Å²) in [6.45, 7) is 4.82. The number of thioether (sulfide) groups is 1. The monoisotopic (exact) mass is 440 g/mol. The van der Waals surface area contributed by atoms with Crippen LogP contribution in [0.5, 0.6) is 0 Å². The van der Waals surface area contributed by atoms with Crippen molar-refractivity contribution in [2.75, 3.05) is 0 Å². The van der Waals surface area contributed by atoms with Crippen LogP contribution in [0, 0.1) is 13.8 Å². The maximum Gasteiger partial charge on any atom is 0.272 e. The number of halogens is 1. The second-order valence-electron chi connectivity index (χ2n) is 7.08. The maximum absolute atomic E-state index is 13.1. The normalized spacial score (nSPS) is 11.3. The SMILES string of the molecule is Cc1ccc(C)c(CSc2nc3ccsc3c(=O)n2CCc2ccc(Cl)cc2)c1. The number of fused-ring (bicyclic) bond motifs is 1. The lowest BCUT2D eigenvalue weighted by molar-refractivity contribution is 0.596. The molecule has 4 aromatic rings. The number of benzene rings is 2. The maximum atomic E-state index is 13.1. The third kappa shape index (κ3) is 4.58. The molecule has 0 unspecified atom stereocenters. The molecule has 6 heteroatoms. The molecule has 29 heavy (non-hydrogen) atoms. The summed E-state index contributed by atoms with van der Waals surface area (Å²) in [5, 5.41) is 3.43. The molecule has 0 atom stereocenters. The van der Waals surface area contributed by atoms with Crippen molar-refractivity contribution in [3.05, 3.63) is 91.5 Å². The zero-order valence-electron chi connectivity index (χ0n) is 16.3. The zero-order chi connectivity index (χ0) is 20.4. The summed E-state index contributed by atoms with van der Waals surface area (Å²) in [5.74, 6) is 0.788. The standard InChI is InChI=1S/C23H21ClN2OS2/c1-15-3-4-16(2)18(13-15)14-29-23-25-20-10-12-28-21(20)22(27)26(23)11-9-17-5-7-19(24)8-6-17/h3-8,10,12-13H,9,11,14H2,1-2H3. The highest BCUT2D eigenvalue weighted by molar-refractivity contribution is 7.98. The van der Waals surface area contributed by atoms with Crippen LogP contribution in [0.25, 0.3) is 10.2 Å². The van der Waals surface area contributed by atoms with Crippen LogP contribution in [-0.4, -0.2) is 9.55 Å². The molecule has 4 rings (SSSR count). The van der Waals surface area contributed by atoms with Gasteiger partial charge in [-0.2, -0.15) is 0 Å². The quantitative estimate of drug-likeness (QED) is 0.262. The lowest BCUT2D eigenvalue weighted by atomic mass is 10.1. The van der Waals surface area contributed by atoms with Gasteiger partial charge in [-0.3, -0.25) is 9.36 Å². The predicted molar refractivity (Wildman–Crippen MR) is 125 cm³/mol. The Hall–Kier alpha value is -2.08. The summed E-state index contributed by atoms with van der Waals surface area (Å²) in [4.78, 5) is 17.9. The van der Waals surface area contributed by atoms with E-state index < -0.39 is 0 Å². The largest absolute Gasteiger partial charge is 0.286 e. The molecule has 0 bridgehead atoms. The van der Waals surface area contributed by atoms with Crippen LogP contribution in [-0.2, 0) is 18.7 Å². The minimum absolute atomic E-state index is 0.0439. The van der Waals surface area contributed by atoms with Crippen molar-refractivity contribution in [3.63, 3.8) is 0 Å². The fraction of sp³-hybridized carbons (Fsp3) is 0.217. The van der Waals surface area contributed by atoms with E-state index >= 15 is 0 Å². The fourth-order valence-corrected chi connectivity index (χ4v) is 5.21. The molecule has 0 fully saturated rings. The Bertz CT molecular complexity index is 1210. The summed E-state index contributed by atoms with van der Waals surface area (Å²) in [6, 6.07) is 16.2. The first-order valence-electron chi connectivity index (χ1n) is 9.42. The minimum atomic E-state index is 0.0439. The van der Waals surface area contributed by atoms with Crippen LogP contribution in [0.3, 0.4) is 0 Å². The number of hydrogen-bond donors (Lipinski definition) is 0. The molecule has 148 valence electrons. The highest BCUT2D eigenvalue weighted by Crippen LogP contribution is 2.26. The van der Waals surface area contributed by atoms with Crippen molar-refractivity contribution in [2.24, 2.45) is 0 Å². The van der Waals surface area contributed by atoms with Crippen molar-refractivity contribution < 1.29 is 0 Å². The van der Waals surface area contributed by atoms with E-state index in [4.69, 9.17) is 16.6 Å². The molecule has 3 nitrogen and oxygen atoms in total. The second-order valence-corrected chi connectivity index (χ2v) is 9.38. The third-order valence-corrected chi connectivity index (χ3v) is 7.10. The molecule has 0 aliphatic carbocycles. The van der Waals surface area contributed by atoms with E-state index in [1.165, 1.54) is 28.0 Å². The summed E-state index contributed by atoms with van der Waals surface area (Å²) in [7, 11) is 0. The van der Waals surface area contributed by atoms with Crippen LogP contribution < -0.4 is 5.56 Å². The van der Waals surface area contributed by atoms with E-state index in [1.54, 1.807) is 11.8 Å². The average molecular weight is 441 g/mol. The van der Waals surface area contributed by atoms with E-state index in [9.17, 15) is 4.79 Å². The van der Waals surface area contributed by atoms with Crippen LogP contribution >= 0.6 is 34.7 Å². The lowest BCUT2D eigenvalue weighted by Gasteiger charge is -2.13. The Labute approximate surface area is 183 Å². The first kappa shape index (κ1) is 20.2. The Kier molecular flexibility index (Phi) is 6.09. The van der Waals surface area contributed by atoms with Gasteiger partial charge in [-0.05, 0) is 60.5 Å². The smallest absolute Gasteiger partial charge is 0.272 e. The summed E-state index contributed by atoms with van der Waals surface area (Å²) in [5.41, 5.74) is 5.76. The Morgan fingerprint density at radius 3 is 2.69 bits per heavy atom. The fourth-order valence-electron chi connectivity index (χ4n) is 3.22. The van der Waals surface area contributed by atoms with Gasteiger partial charge in [-0.1, -0.05) is 59.3 Å². The minimum Gasteiger partial charge on any atom is -0.286 e. The molecule has 0 saturated carbocycles. The molecule has 0 saturated heterocycles. The van der Waals surface area contributed by atoms with Gasteiger partial charge in [0, 0.05) is 17.3 Å². The molecule has 2 aromatic carbocycles. The van der Waals surface area contributed by atoms with Gasteiger partial charge in [-0.25, -0.2) is 4.98 Å². The Balaban J connectivity index is 1.64. The van der Waals surface area contributed by atoms with Gasteiger partial charge in [0.15, 0.2) is 5.16 Å². The molecule has 2 aromatic heterocycles. The summed E-state index contributed by atoms with van der Waals surface area (Å²) < 4.78 is 2.54. The Morgan fingerprint density at radius 2 is 1.90 bits per heavy atom. The van der Waals surface area contributed by atoms with E-state index in [2.05, 4.69) is 32.0 Å². The predicted octanol–water partition coefficient (Wildman–Crippen LogP) is 6.26. The molecular weight excluding hydrogens is 420 g/mol. The number of aromatic nitrogens is 2. The van der Waals surface area contributed by atoms with Crippen LogP contribution in [0.15, 0.2) is 63.9 Å². The molecule has 0 radical (unpaired) electrons. The second kappa shape index (κ2) is 8.74. The highest BCUT2D eigenvalue weighted by Gasteiger charge is 2.13. The first-order valence-corrected chi connectivity index (χ1v) is 11.7. The molecule has 2 heterocycles. The van der Waals surface area contributed by atoms with Crippen molar-refractivity contribution >= 4 is 44.9 Å². The average Bonchev–Trinajstić information content (AvgIpc) is 3.18. The van der Waals surface area contributed by atoms with Gasteiger partial charge in [-0.15, -0.1) is 11.3 Å². The molecule has 0 amide bonds. The van der Waals surface area contributed by atoms with Gasteiger partial charge in [0.2, 0.25) is 0 Å². The number of nitrogens with zero attached hydrogens (tertiary/aromatic N) is 2. The van der Waals surface area contributed by atoms with Gasteiger partial charge < -0.3 is 0 Å². The van der Waals surface area contributed by atoms with E-state index in [1.807, 2.05) is 40.3 Å². The molecule has 0 aliphatic heterocycles. The summed E-state index contributed by atoms with van der Waals surface area (Å²) in [6.07, 6.45) is 0.757. The van der Waals surface area contributed by atoms with Crippen molar-refractivity contribution in [1.82, 2.24) is 9.55 Å². The Morgan fingerprint density at radius 1 is 1.10 bits per heavy atom. The van der Waals surface area contributed by atoms with Crippen molar-refractivity contribution in [1.29, 1.82) is 0 Å². The zero-order valence-corrected chi connectivity index (χ0v) is 18.7. The van der Waals surface area contributed by atoms with Gasteiger partial charge in [0.1, 0.15) is 4.70 Å². The van der Waals surface area contributed by atoms with E-state index in [0.717, 1.165) is 38.1 Å². The summed E-state index contributed by atoms with van der Waals surface area (Å²) >= 11 is 9.07. The van der Waals surface area contributed by atoms with Gasteiger partial charge in [0.05, 0.1) is 5.52 Å². The van der Waals surface area contributed by atoms with Crippen molar-refractivity contribution in [2.45, 2.75) is 37.7 Å². The van der Waals surface area contributed by atoms with Crippen LogP contribution in [0.2, 0.25) is 5.02 Å². The van der Waals surface area contributed by atoms with Crippen molar-refractivity contribution in [3.8, 4) is 0 Å². The number of aryl methyl sites for hydroxylation is 3. The first-order chi connectivity index (χ1) is 14.0. The van der Waals surface area contributed by atoms with E-state index in [0.29, 0.717) is 6.54 Å². The van der Waals surface area contributed by atoms with Crippen LogP contribution in [0.4, 0.5) is 0 Å². The van der Waals surface area contributed by atoms with Gasteiger partial charge in [0.25, 0.3) is 5.56 Å². The third-order valence-electron chi connectivity index (χ3n) is 4.93. The highest BCUT2D eigenvalue weighted by atomic mass is 35.5. The molecule has 0 spiro atoms. The topological polar surface area (TPSA) is 34.9 Å². The molecule has 0 aliphatic rings.